The van der Waals surface area contributed by atoms with Crippen LogP contribution in [0.5, 0.6) is 0 Å². The van der Waals surface area contributed by atoms with Crippen molar-refractivity contribution in [3.05, 3.63) is 107 Å². The molecule has 2 N–H and O–H groups in total. The number of amides is 2. The first kappa shape index (κ1) is 22.0. The summed E-state index contributed by atoms with van der Waals surface area (Å²) in [6, 6.07) is 13.0. The van der Waals surface area contributed by atoms with Crippen molar-refractivity contribution in [2.75, 3.05) is 6.54 Å². The van der Waals surface area contributed by atoms with Gasteiger partial charge < -0.3 is 10.6 Å². The van der Waals surface area contributed by atoms with Gasteiger partial charge in [-0.25, -0.2) is 17.6 Å². The molecule has 0 aliphatic heterocycles. The molecule has 4 nitrogen and oxygen atoms in total. The minimum absolute atomic E-state index is 0.177. The van der Waals surface area contributed by atoms with Crippen LogP contribution in [0.15, 0.2) is 66.7 Å². The molecule has 8 heteroatoms. The smallest absolute Gasteiger partial charge is 0.251 e. The van der Waals surface area contributed by atoms with Gasteiger partial charge in [0, 0.05) is 11.6 Å². The molecule has 0 saturated heterocycles. The lowest BCUT2D eigenvalue weighted by Gasteiger charge is -2.20. The Morgan fingerprint density at radius 1 is 0.774 bits per heavy atom. The Hall–Kier alpha value is -3.68. The third kappa shape index (κ3) is 6.40. The molecule has 0 fully saturated rings. The van der Waals surface area contributed by atoms with E-state index < -0.39 is 47.7 Å². The fraction of sp³-hybridized carbons (Fsp3) is 0.130. The maximum atomic E-state index is 13.7. The molecule has 0 saturated carbocycles. The minimum atomic E-state index is -0.920. The summed E-state index contributed by atoms with van der Waals surface area (Å²) in [5.41, 5.74) is 0.761. The zero-order valence-electron chi connectivity index (χ0n) is 16.2. The number of benzene rings is 3. The summed E-state index contributed by atoms with van der Waals surface area (Å²) < 4.78 is 53.7. The van der Waals surface area contributed by atoms with Gasteiger partial charge in [0.25, 0.3) is 5.91 Å². The molecule has 0 aromatic heterocycles. The van der Waals surface area contributed by atoms with Gasteiger partial charge in [-0.3, -0.25) is 9.59 Å². The zero-order chi connectivity index (χ0) is 22.4. The van der Waals surface area contributed by atoms with Crippen molar-refractivity contribution < 1.29 is 27.2 Å². The van der Waals surface area contributed by atoms with Crippen LogP contribution >= 0.6 is 0 Å². The fourth-order valence-electron chi connectivity index (χ4n) is 3.07. The van der Waals surface area contributed by atoms with Gasteiger partial charge in [-0.15, -0.1) is 0 Å². The number of halogens is 4. The lowest BCUT2D eigenvalue weighted by Crippen LogP contribution is -2.39. The summed E-state index contributed by atoms with van der Waals surface area (Å²) in [7, 11) is 0. The molecule has 0 heterocycles. The largest absolute Gasteiger partial charge is 0.347 e. The first-order chi connectivity index (χ1) is 14.8. The topological polar surface area (TPSA) is 58.2 Å². The van der Waals surface area contributed by atoms with E-state index in [-0.39, 0.29) is 12.0 Å². The second-order valence-electron chi connectivity index (χ2n) is 6.85. The lowest BCUT2D eigenvalue weighted by molar-refractivity contribution is -0.120. The number of carbonyl (C=O) groups excluding carboxylic acids is 2. The molecule has 0 spiro atoms. The second kappa shape index (κ2) is 9.88. The highest BCUT2D eigenvalue weighted by molar-refractivity contribution is 5.96. The van der Waals surface area contributed by atoms with Crippen LogP contribution in [0.4, 0.5) is 17.6 Å². The number of rotatable bonds is 7. The Bertz CT molecular complexity index is 1080. The van der Waals surface area contributed by atoms with E-state index in [4.69, 9.17) is 0 Å². The molecule has 1 atom stereocenters. The SMILES string of the molecule is O=C(CNC(=O)c1cc(F)cc(F)c1)NC(Cc1cccc(F)c1)c1cccc(F)c1. The Morgan fingerprint density at radius 2 is 1.42 bits per heavy atom. The van der Waals surface area contributed by atoms with Crippen LogP contribution in [0.1, 0.15) is 27.5 Å². The van der Waals surface area contributed by atoms with Crippen molar-refractivity contribution >= 4 is 11.8 Å². The van der Waals surface area contributed by atoms with Crippen molar-refractivity contribution in [3.8, 4) is 0 Å². The van der Waals surface area contributed by atoms with E-state index >= 15 is 0 Å². The van der Waals surface area contributed by atoms with E-state index in [1.165, 1.54) is 36.4 Å². The van der Waals surface area contributed by atoms with Crippen LogP contribution in [0, 0.1) is 23.3 Å². The van der Waals surface area contributed by atoms with Crippen LogP contribution in [0.2, 0.25) is 0 Å². The van der Waals surface area contributed by atoms with Gasteiger partial charge in [-0.1, -0.05) is 24.3 Å². The van der Waals surface area contributed by atoms with E-state index in [0.29, 0.717) is 17.2 Å². The highest BCUT2D eigenvalue weighted by atomic mass is 19.1. The average Bonchev–Trinajstić information content (AvgIpc) is 2.71. The Balaban J connectivity index is 1.69. The fourth-order valence-corrected chi connectivity index (χ4v) is 3.07. The molecule has 1 unspecified atom stereocenters. The quantitative estimate of drug-likeness (QED) is 0.555. The Morgan fingerprint density at radius 3 is 2.06 bits per heavy atom. The molecule has 0 aliphatic carbocycles. The predicted octanol–water partition coefficient (Wildman–Crippen LogP) is 4.07. The molecular weight excluding hydrogens is 412 g/mol. The first-order valence-corrected chi connectivity index (χ1v) is 9.34. The molecule has 3 aromatic rings. The molecule has 3 aromatic carbocycles. The van der Waals surface area contributed by atoms with E-state index in [1.807, 2.05) is 0 Å². The van der Waals surface area contributed by atoms with Gasteiger partial charge >= 0.3 is 0 Å². The van der Waals surface area contributed by atoms with Crippen molar-refractivity contribution in [1.82, 2.24) is 10.6 Å². The van der Waals surface area contributed by atoms with E-state index in [1.54, 1.807) is 12.1 Å². The summed E-state index contributed by atoms with van der Waals surface area (Å²) in [6.45, 7) is -0.480. The molecule has 3 rings (SSSR count). The summed E-state index contributed by atoms with van der Waals surface area (Å²) in [5, 5.41) is 4.94. The van der Waals surface area contributed by atoms with Gasteiger partial charge in [0.2, 0.25) is 5.91 Å². The number of carbonyl (C=O) groups is 2. The second-order valence-corrected chi connectivity index (χ2v) is 6.85. The van der Waals surface area contributed by atoms with Crippen molar-refractivity contribution in [3.63, 3.8) is 0 Å². The van der Waals surface area contributed by atoms with Crippen LogP contribution in [0.3, 0.4) is 0 Å². The standard InChI is InChI=1S/C23H18F4N2O2/c24-17-5-1-3-14(7-17)8-21(15-4-2-6-18(25)9-15)29-22(30)13-28-23(31)16-10-19(26)12-20(27)11-16/h1-7,9-12,21H,8,13H2,(H,28,31)(H,29,30). The summed E-state index contributed by atoms with van der Waals surface area (Å²) in [4.78, 5) is 24.5. The summed E-state index contributed by atoms with van der Waals surface area (Å²) in [6.07, 6.45) is 0.177. The summed E-state index contributed by atoms with van der Waals surface area (Å²) in [5.74, 6) is -4.24. The van der Waals surface area contributed by atoms with Crippen LogP contribution in [0.25, 0.3) is 0 Å². The van der Waals surface area contributed by atoms with Gasteiger partial charge in [0.1, 0.15) is 23.3 Å². The van der Waals surface area contributed by atoms with Gasteiger partial charge in [-0.2, -0.15) is 0 Å². The molecular formula is C23H18F4N2O2. The number of hydrogen-bond acceptors (Lipinski definition) is 2. The van der Waals surface area contributed by atoms with Crippen molar-refractivity contribution in [2.45, 2.75) is 12.5 Å². The molecule has 0 bridgehead atoms. The highest BCUT2D eigenvalue weighted by Gasteiger charge is 2.18. The first-order valence-electron chi connectivity index (χ1n) is 9.34. The molecule has 0 radical (unpaired) electrons. The van der Waals surface area contributed by atoms with Gasteiger partial charge in [0.15, 0.2) is 0 Å². The van der Waals surface area contributed by atoms with E-state index in [0.717, 1.165) is 12.1 Å². The van der Waals surface area contributed by atoms with Gasteiger partial charge in [0.05, 0.1) is 12.6 Å². The van der Waals surface area contributed by atoms with Crippen molar-refractivity contribution in [2.24, 2.45) is 0 Å². The van der Waals surface area contributed by atoms with Crippen LogP contribution in [-0.4, -0.2) is 18.4 Å². The van der Waals surface area contributed by atoms with Crippen LogP contribution < -0.4 is 10.6 Å². The van der Waals surface area contributed by atoms with Gasteiger partial charge in [-0.05, 0) is 53.9 Å². The zero-order valence-corrected chi connectivity index (χ0v) is 16.2. The Kier molecular flexibility index (Phi) is 7.02. The predicted molar refractivity (Wildman–Crippen MR) is 106 cm³/mol. The van der Waals surface area contributed by atoms with Crippen LogP contribution in [-0.2, 0) is 11.2 Å². The van der Waals surface area contributed by atoms with E-state index in [2.05, 4.69) is 10.6 Å². The van der Waals surface area contributed by atoms with E-state index in [9.17, 15) is 27.2 Å². The minimum Gasteiger partial charge on any atom is -0.347 e. The molecule has 2 amide bonds. The molecule has 31 heavy (non-hydrogen) atoms. The maximum absolute atomic E-state index is 13.7. The number of nitrogens with one attached hydrogen (secondary N) is 2. The molecule has 0 aliphatic rings. The number of hydrogen-bond donors (Lipinski definition) is 2. The Labute approximate surface area is 175 Å². The highest BCUT2D eigenvalue weighted by Crippen LogP contribution is 2.20. The average molecular weight is 430 g/mol. The summed E-state index contributed by atoms with van der Waals surface area (Å²) >= 11 is 0. The molecule has 160 valence electrons. The maximum Gasteiger partial charge on any atom is 0.251 e. The monoisotopic (exact) mass is 430 g/mol. The lowest BCUT2D eigenvalue weighted by atomic mass is 9.98. The third-order valence-electron chi connectivity index (χ3n) is 4.45. The third-order valence-corrected chi connectivity index (χ3v) is 4.45. The normalized spacial score (nSPS) is 11.6. The van der Waals surface area contributed by atoms with Crippen molar-refractivity contribution in [1.29, 1.82) is 0 Å².